The molecule has 69 heavy (non-hydrogen) atoms. The van der Waals surface area contributed by atoms with Crippen molar-refractivity contribution in [3.63, 3.8) is 0 Å². The number of carboxylic acids is 2. The van der Waals surface area contributed by atoms with Gasteiger partial charge in [-0.05, 0) is 25.0 Å². The normalized spacial score (nSPS) is 10.3. The first kappa shape index (κ1) is 70.4. The largest absolute Gasteiger partial charge is 2.00 e. The summed E-state index contributed by atoms with van der Waals surface area (Å²) in [5.74, 6) is -3.90. The molecule has 9 heteroatoms. The molecule has 0 atom stereocenters. The van der Waals surface area contributed by atoms with E-state index < -0.39 is 23.9 Å². The van der Waals surface area contributed by atoms with Gasteiger partial charge in [0.15, 0.2) is 0 Å². The van der Waals surface area contributed by atoms with Gasteiger partial charge < -0.3 is 29.3 Å². The van der Waals surface area contributed by atoms with Gasteiger partial charge in [-0.1, -0.05) is 296 Å². The van der Waals surface area contributed by atoms with E-state index in [-0.39, 0.29) is 46.2 Å². The smallest absolute Gasteiger partial charge is 0.545 e. The molecule has 0 aliphatic carbocycles. The Morgan fingerprint density at radius 3 is 0.768 bits per heavy atom. The van der Waals surface area contributed by atoms with Crippen LogP contribution < -0.4 is 10.2 Å². The van der Waals surface area contributed by atoms with Gasteiger partial charge in [-0.25, -0.2) is 9.59 Å². The van der Waals surface area contributed by atoms with Gasteiger partial charge in [-0.15, -0.1) is 0 Å². The molecule has 0 aliphatic heterocycles. The molecule has 0 saturated heterocycles. The van der Waals surface area contributed by atoms with Crippen LogP contribution in [0.4, 0.5) is 0 Å². The number of esters is 2. The Morgan fingerprint density at radius 1 is 0.348 bits per heavy atom. The summed E-state index contributed by atoms with van der Waals surface area (Å²) in [6.07, 6.45) is 45.9. The maximum Gasteiger partial charge on any atom is 2.00 e. The summed E-state index contributed by atoms with van der Waals surface area (Å²) < 4.78 is 10.4. The second-order valence-electron chi connectivity index (χ2n) is 18.3. The van der Waals surface area contributed by atoms with E-state index >= 15 is 0 Å². The van der Waals surface area contributed by atoms with Crippen molar-refractivity contribution in [1.29, 1.82) is 0 Å². The predicted molar refractivity (Wildman–Crippen MR) is 287 cm³/mol. The van der Waals surface area contributed by atoms with Gasteiger partial charge in [0.1, 0.15) is 0 Å². The molecule has 4 radical (unpaired) electrons. The number of ether oxygens (including phenoxy) is 2. The molecule has 0 bridgehead atoms. The van der Waals surface area contributed by atoms with E-state index in [9.17, 15) is 29.4 Å². The van der Waals surface area contributed by atoms with Crippen molar-refractivity contribution in [1.82, 2.24) is 0 Å². The Bertz CT molecular complexity index is 1330. The number of hydrogen-bond donors (Lipinski definition) is 0. The molecular formula is C60H100O8Sn. The minimum atomic E-state index is -1.36. The molecule has 0 N–H and O–H groups in total. The van der Waals surface area contributed by atoms with Crippen LogP contribution in [0.2, 0.25) is 0 Å². The number of aromatic carboxylic acids is 2. The van der Waals surface area contributed by atoms with Crippen molar-refractivity contribution in [2.24, 2.45) is 0 Å². The molecule has 392 valence electrons. The Kier molecular flexibility index (Phi) is 57.2. The van der Waals surface area contributed by atoms with E-state index in [1.807, 2.05) is 0 Å². The maximum atomic E-state index is 12.0. The summed E-state index contributed by atoms with van der Waals surface area (Å²) in [4.78, 5) is 45.9. The number of carbonyl (C=O) groups is 4. The first-order valence-electron chi connectivity index (χ1n) is 27.7. The summed E-state index contributed by atoms with van der Waals surface area (Å²) in [6, 6.07) is 12.0. The predicted octanol–water partition coefficient (Wildman–Crippen LogP) is 15.8. The second kappa shape index (κ2) is 56.0. The van der Waals surface area contributed by atoms with Crippen LogP contribution in [-0.2, 0) is 9.47 Å². The first-order chi connectivity index (χ1) is 33.2. The summed E-state index contributed by atoms with van der Waals surface area (Å²) in [6.45, 7) is 17.2. The minimum absolute atomic E-state index is 0. The zero-order chi connectivity index (χ0) is 50.6. The van der Waals surface area contributed by atoms with Crippen molar-refractivity contribution >= 4 is 47.8 Å². The molecule has 2 rings (SSSR count). The van der Waals surface area contributed by atoms with Crippen molar-refractivity contribution in [3.8, 4) is 0 Å². The molecule has 2 aromatic rings. The van der Waals surface area contributed by atoms with Crippen LogP contribution >= 0.6 is 0 Å². The standard InChI is InChI=1S/2C22H34O4.2C8H17.Sn/c2*1-2-3-4-5-6-7-8-9-10-11-12-15-18-26-22(25)20-17-14-13-16-19(20)21(23)24;2*1-3-5-7-8-6-4-2;/h2*13-14,16-17H,2-12,15,18H2,1H3,(H,23,24);2*1,3-8H2,2H3;/q;;;;+2/p-2. The molecule has 0 fully saturated rings. The first-order valence-corrected chi connectivity index (χ1v) is 27.7. The van der Waals surface area contributed by atoms with E-state index in [0.717, 1.165) is 51.4 Å². The zero-order valence-corrected chi connectivity index (χ0v) is 47.5. The van der Waals surface area contributed by atoms with Gasteiger partial charge in [0.05, 0.1) is 36.3 Å². The van der Waals surface area contributed by atoms with Crippen molar-refractivity contribution in [2.75, 3.05) is 13.2 Å². The fraction of sp³-hybridized carbons (Fsp3) is 0.700. The van der Waals surface area contributed by atoms with Crippen LogP contribution in [0.5, 0.6) is 0 Å². The van der Waals surface area contributed by atoms with Gasteiger partial charge in [-0.2, -0.15) is 0 Å². The second-order valence-corrected chi connectivity index (χ2v) is 18.3. The van der Waals surface area contributed by atoms with Gasteiger partial charge in [0.2, 0.25) is 0 Å². The number of unbranched alkanes of at least 4 members (excludes halogenated alkanes) is 32. The average molecular weight is 1070 g/mol. The van der Waals surface area contributed by atoms with Crippen LogP contribution in [0.1, 0.15) is 300 Å². The Balaban J connectivity index is -0.000000950. The number of hydrogen-bond acceptors (Lipinski definition) is 8. The SMILES string of the molecule is CCCCCCCCCCCCCCOC(=O)c1ccccc1C(=O)[O-].CCCCCCCCCCCCCCOC(=O)c1ccccc1C(=O)[O-].[CH2]CCCCCCC.[CH2]CCCCCCC.[Sn+2]. The molecule has 0 amide bonds. The maximum absolute atomic E-state index is 12.0. The van der Waals surface area contributed by atoms with E-state index in [4.69, 9.17) is 9.47 Å². The average Bonchev–Trinajstić information content (AvgIpc) is 3.35. The van der Waals surface area contributed by atoms with Gasteiger partial charge in [0.25, 0.3) is 0 Å². The molecule has 0 aromatic heterocycles. The molecule has 0 aliphatic rings. The fourth-order valence-corrected chi connectivity index (χ4v) is 7.61. The van der Waals surface area contributed by atoms with E-state index in [1.54, 1.807) is 24.3 Å². The Morgan fingerprint density at radius 2 is 0.551 bits per heavy atom. The third-order valence-corrected chi connectivity index (χ3v) is 11.9. The molecule has 0 saturated carbocycles. The Labute approximate surface area is 441 Å². The van der Waals surface area contributed by atoms with Crippen LogP contribution in [0.25, 0.3) is 0 Å². The molecule has 0 spiro atoms. The third-order valence-electron chi connectivity index (χ3n) is 11.9. The minimum Gasteiger partial charge on any atom is -0.545 e. The van der Waals surface area contributed by atoms with Crippen LogP contribution in [0.3, 0.4) is 0 Å². The number of benzene rings is 2. The van der Waals surface area contributed by atoms with Crippen LogP contribution in [0.15, 0.2) is 48.5 Å². The molecule has 0 unspecified atom stereocenters. The summed E-state index contributed by atoms with van der Waals surface area (Å²) in [7, 11) is 0. The third kappa shape index (κ3) is 46.0. The quantitative estimate of drug-likeness (QED) is 0.0366. The van der Waals surface area contributed by atoms with Gasteiger partial charge in [0, 0.05) is 11.1 Å². The fourth-order valence-electron chi connectivity index (χ4n) is 7.61. The number of rotatable bonds is 40. The van der Waals surface area contributed by atoms with E-state index in [1.165, 1.54) is 204 Å². The number of carboxylic acid groups (broad SMARTS) is 2. The summed E-state index contributed by atoms with van der Waals surface area (Å²) in [5.41, 5.74) is -0.114. The molecule has 8 nitrogen and oxygen atoms in total. The van der Waals surface area contributed by atoms with Crippen molar-refractivity contribution in [2.45, 2.75) is 259 Å². The van der Waals surface area contributed by atoms with Crippen molar-refractivity contribution < 1.29 is 38.9 Å². The summed E-state index contributed by atoms with van der Waals surface area (Å²) >= 11 is 0. The van der Waals surface area contributed by atoms with Crippen LogP contribution in [-0.4, -0.2) is 61.0 Å². The number of carbonyl (C=O) groups excluding carboxylic acids is 4. The van der Waals surface area contributed by atoms with E-state index in [0.29, 0.717) is 13.2 Å². The van der Waals surface area contributed by atoms with Gasteiger partial charge in [-0.3, -0.25) is 0 Å². The Hall–Kier alpha value is -2.88. The topological polar surface area (TPSA) is 133 Å². The van der Waals surface area contributed by atoms with Crippen molar-refractivity contribution in [3.05, 3.63) is 84.6 Å². The zero-order valence-electron chi connectivity index (χ0n) is 44.7. The molecular weight excluding hydrogens is 967 g/mol. The summed E-state index contributed by atoms with van der Waals surface area (Å²) in [5, 5.41) is 22.0. The monoisotopic (exact) mass is 1070 g/mol. The molecule has 0 heterocycles. The van der Waals surface area contributed by atoms with Crippen LogP contribution in [0, 0.1) is 13.8 Å². The van der Waals surface area contributed by atoms with Gasteiger partial charge >= 0.3 is 35.8 Å². The van der Waals surface area contributed by atoms with E-state index in [2.05, 4.69) is 41.5 Å². The molecule has 2 aromatic carbocycles.